The van der Waals surface area contributed by atoms with E-state index in [1.807, 2.05) is 25.1 Å². The molecule has 164 valence electrons. The minimum atomic E-state index is -0.590. The maximum atomic E-state index is 13.5. The van der Waals surface area contributed by atoms with Gasteiger partial charge in [0.1, 0.15) is 5.75 Å². The molecule has 10 nitrogen and oxygen atoms in total. The van der Waals surface area contributed by atoms with Crippen LogP contribution in [0.4, 0.5) is 4.79 Å². The number of amides is 3. The summed E-state index contributed by atoms with van der Waals surface area (Å²) in [6.07, 6.45) is 0. The average Bonchev–Trinajstić information content (AvgIpc) is 3.21. The molecule has 2 heterocycles. The number of para-hydroxylation sites is 1. The Labute approximate surface area is 186 Å². The highest BCUT2D eigenvalue weighted by Gasteiger charge is 2.20. The van der Waals surface area contributed by atoms with Gasteiger partial charge in [0.2, 0.25) is 11.7 Å². The minimum absolute atomic E-state index is 0.0601. The fourth-order valence-electron chi connectivity index (χ4n) is 3.32. The van der Waals surface area contributed by atoms with Gasteiger partial charge in [0, 0.05) is 7.05 Å². The maximum Gasteiger partial charge on any atom is 0.321 e. The molecular formula is C21H20N6O4S. The lowest BCUT2D eigenvalue weighted by atomic mass is 10.2. The third kappa shape index (κ3) is 3.78. The number of nitrogens with one attached hydrogen (secondary N) is 2. The number of urea groups is 1. The number of carbonyl (C=O) groups excluding carboxylic acids is 2. The van der Waals surface area contributed by atoms with E-state index in [-0.39, 0.29) is 17.1 Å². The maximum absolute atomic E-state index is 13.5. The van der Waals surface area contributed by atoms with E-state index >= 15 is 0 Å². The van der Waals surface area contributed by atoms with E-state index in [0.29, 0.717) is 27.5 Å². The van der Waals surface area contributed by atoms with Crippen molar-refractivity contribution >= 4 is 40.4 Å². The van der Waals surface area contributed by atoms with Crippen molar-refractivity contribution in [2.45, 2.75) is 12.1 Å². The van der Waals surface area contributed by atoms with Crippen LogP contribution in [0.5, 0.6) is 5.75 Å². The lowest BCUT2D eigenvalue weighted by Gasteiger charge is -2.14. The van der Waals surface area contributed by atoms with E-state index in [1.165, 1.54) is 18.7 Å². The topological polar surface area (TPSA) is 120 Å². The predicted octanol–water partition coefficient (Wildman–Crippen LogP) is 1.90. The number of methoxy groups -OCH3 is 1. The SMILES string of the molecule is CNC(=O)NC(=O)CSc1nnc2n(-c3cc(C)ccc3OC)c(=O)c3ccccc3n12. The molecule has 11 heteroatoms. The third-order valence-electron chi connectivity index (χ3n) is 4.78. The predicted molar refractivity (Wildman–Crippen MR) is 121 cm³/mol. The van der Waals surface area contributed by atoms with Crippen LogP contribution in [0.25, 0.3) is 22.4 Å². The Kier molecular flexibility index (Phi) is 5.82. The Morgan fingerprint density at radius 1 is 1.16 bits per heavy atom. The normalized spacial score (nSPS) is 11.0. The molecule has 0 atom stereocenters. The number of nitrogens with zero attached hydrogens (tertiary/aromatic N) is 4. The highest BCUT2D eigenvalue weighted by molar-refractivity contribution is 7.99. The summed E-state index contributed by atoms with van der Waals surface area (Å²) in [6.45, 7) is 1.92. The Balaban J connectivity index is 1.91. The number of aryl methyl sites for hydroxylation is 1. The van der Waals surface area contributed by atoms with Crippen LogP contribution in [0, 0.1) is 6.92 Å². The lowest BCUT2D eigenvalue weighted by molar-refractivity contribution is -0.117. The summed E-state index contributed by atoms with van der Waals surface area (Å²) in [7, 11) is 2.96. The standard InChI is InChI=1S/C21H20N6O4S/c1-12-8-9-16(31-3)15(10-12)26-18(29)13-6-4-5-7-14(13)27-20(26)24-25-21(27)32-11-17(28)23-19(30)22-2/h4-10H,11H2,1-3H3,(H2,22,23,28,30). The van der Waals surface area contributed by atoms with Crippen LogP contribution in [-0.4, -0.2) is 51.0 Å². The van der Waals surface area contributed by atoms with Crippen LogP contribution in [-0.2, 0) is 4.79 Å². The Hall–Kier alpha value is -3.86. The largest absolute Gasteiger partial charge is 0.495 e. The van der Waals surface area contributed by atoms with Gasteiger partial charge in [-0.3, -0.25) is 19.3 Å². The summed E-state index contributed by atoms with van der Waals surface area (Å²) >= 11 is 1.11. The highest BCUT2D eigenvalue weighted by Crippen LogP contribution is 2.27. The van der Waals surface area contributed by atoms with Crippen molar-refractivity contribution in [3.05, 3.63) is 58.4 Å². The Bertz CT molecular complexity index is 1410. The fraction of sp³-hybridized carbons (Fsp3) is 0.190. The van der Waals surface area contributed by atoms with Gasteiger partial charge in [-0.25, -0.2) is 9.36 Å². The average molecular weight is 452 g/mol. The minimum Gasteiger partial charge on any atom is -0.495 e. The van der Waals surface area contributed by atoms with Gasteiger partial charge in [0.25, 0.3) is 5.56 Å². The first kappa shape index (κ1) is 21.4. The van der Waals surface area contributed by atoms with Crippen molar-refractivity contribution in [3.63, 3.8) is 0 Å². The molecule has 32 heavy (non-hydrogen) atoms. The molecule has 0 aliphatic heterocycles. The number of benzene rings is 2. The van der Waals surface area contributed by atoms with Gasteiger partial charge in [0.15, 0.2) is 5.16 Å². The number of ether oxygens (including phenoxy) is 1. The molecule has 0 aliphatic carbocycles. The number of carbonyl (C=O) groups is 2. The van der Waals surface area contributed by atoms with Gasteiger partial charge in [-0.05, 0) is 36.8 Å². The van der Waals surface area contributed by atoms with Gasteiger partial charge in [-0.15, -0.1) is 10.2 Å². The van der Waals surface area contributed by atoms with Crippen molar-refractivity contribution in [1.29, 1.82) is 0 Å². The second kappa shape index (κ2) is 8.71. The second-order valence-electron chi connectivity index (χ2n) is 6.87. The van der Waals surface area contributed by atoms with Crippen molar-refractivity contribution in [3.8, 4) is 11.4 Å². The molecule has 0 bridgehead atoms. The molecule has 2 aromatic carbocycles. The zero-order valence-electron chi connectivity index (χ0n) is 17.6. The molecule has 3 amide bonds. The van der Waals surface area contributed by atoms with Gasteiger partial charge < -0.3 is 10.1 Å². The zero-order valence-corrected chi connectivity index (χ0v) is 18.4. The first-order valence-corrected chi connectivity index (χ1v) is 10.6. The van der Waals surface area contributed by atoms with Crippen molar-refractivity contribution in [1.82, 2.24) is 29.8 Å². The number of hydrogen-bond acceptors (Lipinski definition) is 7. The first-order chi connectivity index (χ1) is 15.4. The number of aromatic nitrogens is 4. The summed E-state index contributed by atoms with van der Waals surface area (Å²) < 4.78 is 8.66. The molecule has 0 fully saturated rings. The summed E-state index contributed by atoms with van der Waals surface area (Å²) in [6, 6.07) is 12.0. The van der Waals surface area contributed by atoms with Crippen LogP contribution < -0.4 is 20.9 Å². The smallest absolute Gasteiger partial charge is 0.321 e. The number of imide groups is 1. The van der Waals surface area contributed by atoms with E-state index in [1.54, 1.807) is 28.7 Å². The van der Waals surface area contributed by atoms with E-state index in [4.69, 9.17) is 4.74 Å². The molecule has 0 saturated carbocycles. The Morgan fingerprint density at radius 2 is 1.94 bits per heavy atom. The van der Waals surface area contributed by atoms with Crippen molar-refractivity contribution < 1.29 is 14.3 Å². The van der Waals surface area contributed by atoms with Crippen LogP contribution in [0.1, 0.15) is 5.56 Å². The molecule has 4 rings (SSSR count). The number of hydrogen-bond donors (Lipinski definition) is 2. The van der Waals surface area contributed by atoms with E-state index in [2.05, 4.69) is 20.8 Å². The summed E-state index contributed by atoms with van der Waals surface area (Å²) in [5.41, 5.74) is 1.82. The summed E-state index contributed by atoms with van der Waals surface area (Å²) in [4.78, 5) is 36.9. The van der Waals surface area contributed by atoms with Gasteiger partial charge >= 0.3 is 6.03 Å². The molecule has 4 aromatic rings. The quantitative estimate of drug-likeness (QED) is 0.444. The van der Waals surface area contributed by atoms with Crippen molar-refractivity contribution in [2.24, 2.45) is 0 Å². The van der Waals surface area contributed by atoms with Gasteiger partial charge in [-0.1, -0.05) is 30.0 Å². The molecule has 0 saturated heterocycles. The van der Waals surface area contributed by atoms with Crippen LogP contribution >= 0.6 is 11.8 Å². The number of thioether (sulfide) groups is 1. The fourth-order valence-corrected chi connectivity index (χ4v) is 4.06. The Morgan fingerprint density at radius 3 is 2.69 bits per heavy atom. The number of rotatable bonds is 5. The molecule has 0 aliphatic rings. The van der Waals surface area contributed by atoms with Gasteiger partial charge in [-0.2, -0.15) is 0 Å². The van der Waals surface area contributed by atoms with Crippen LogP contribution in [0.2, 0.25) is 0 Å². The highest BCUT2D eigenvalue weighted by atomic mass is 32.2. The van der Waals surface area contributed by atoms with E-state index in [0.717, 1.165) is 17.3 Å². The van der Waals surface area contributed by atoms with E-state index < -0.39 is 11.9 Å². The summed E-state index contributed by atoms with van der Waals surface area (Å²) in [5, 5.41) is 13.9. The molecule has 2 N–H and O–H groups in total. The van der Waals surface area contributed by atoms with E-state index in [9.17, 15) is 14.4 Å². The molecule has 0 unspecified atom stereocenters. The van der Waals surface area contributed by atoms with Gasteiger partial charge in [0.05, 0.1) is 29.5 Å². The monoisotopic (exact) mass is 452 g/mol. The van der Waals surface area contributed by atoms with Crippen LogP contribution in [0.15, 0.2) is 52.4 Å². The number of fused-ring (bicyclic) bond motifs is 3. The molecule has 2 aromatic heterocycles. The molecular weight excluding hydrogens is 432 g/mol. The zero-order chi connectivity index (χ0) is 22.8. The lowest BCUT2D eigenvalue weighted by Crippen LogP contribution is -2.38. The first-order valence-electron chi connectivity index (χ1n) is 9.63. The second-order valence-corrected chi connectivity index (χ2v) is 7.81. The van der Waals surface area contributed by atoms with Crippen LogP contribution in [0.3, 0.4) is 0 Å². The third-order valence-corrected chi connectivity index (χ3v) is 5.71. The molecule has 0 spiro atoms. The summed E-state index contributed by atoms with van der Waals surface area (Å²) in [5.74, 6) is 0.253. The molecule has 0 radical (unpaired) electrons. The van der Waals surface area contributed by atoms with Crippen molar-refractivity contribution in [2.75, 3.05) is 19.9 Å².